The van der Waals surface area contributed by atoms with Crippen molar-refractivity contribution in [3.8, 4) is 6.07 Å². The lowest BCUT2D eigenvalue weighted by atomic mass is 10.2. The number of aromatic nitrogens is 3. The summed E-state index contributed by atoms with van der Waals surface area (Å²) in [4.78, 5) is -0.0631. The maximum absolute atomic E-state index is 12.9. The minimum Gasteiger partial charge on any atom is -0.244 e. The Balaban J connectivity index is 1.42. The SMILES string of the molecule is N#Cc1ccccc1S(=O)(=O)N1CCN(S(=O)(=O)CCn2nnc3ccccc32)CC1. The summed E-state index contributed by atoms with van der Waals surface area (Å²) < 4.78 is 55.5. The van der Waals surface area contributed by atoms with E-state index in [-0.39, 0.29) is 48.9 Å². The van der Waals surface area contributed by atoms with Crippen LogP contribution in [0.4, 0.5) is 0 Å². The molecule has 2 aromatic carbocycles. The molecule has 1 saturated heterocycles. The molecule has 1 aliphatic heterocycles. The maximum Gasteiger partial charge on any atom is 0.244 e. The zero-order valence-electron chi connectivity index (χ0n) is 16.5. The summed E-state index contributed by atoms with van der Waals surface area (Å²) in [7, 11) is -7.48. The molecule has 0 N–H and O–H groups in total. The number of piperazine rings is 1. The highest BCUT2D eigenvalue weighted by Gasteiger charge is 2.34. The van der Waals surface area contributed by atoms with Crippen LogP contribution in [0, 0.1) is 11.3 Å². The van der Waals surface area contributed by atoms with Crippen LogP contribution in [0.5, 0.6) is 0 Å². The van der Waals surface area contributed by atoms with Crippen molar-refractivity contribution in [2.45, 2.75) is 11.4 Å². The lowest BCUT2D eigenvalue weighted by molar-refractivity contribution is 0.272. The summed E-state index contributed by atoms with van der Waals surface area (Å²) in [5.41, 5.74) is 1.51. The zero-order valence-corrected chi connectivity index (χ0v) is 18.1. The van der Waals surface area contributed by atoms with E-state index in [0.29, 0.717) is 5.52 Å². The fourth-order valence-corrected chi connectivity index (χ4v) is 6.47. The summed E-state index contributed by atoms with van der Waals surface area (Å²) >= 11 is 0. The highest BCUT2D eigenvalue weighted by Crippen LogP contribution is 2.22. The largest absolute Gasteiger partial charge is 0.244 e. The predicted octanol–water partition coefficient (Wildman–Crippen LogP) is 0.639. The van der Waals surface area contributed by atoms with Crippen LogP contribution in [0.15, 0.2) is 53.4 Å². The number of rotatable bonds is 6. The third kappa shape index (κ3) is 4.17. The quantitative estimate of drug-likeness (QED) is 0.528. The van der Waals surface area contributed by atoms with Crippen molar-refractivity contribution >= 4 is 31.1 Å². The number of benzene rings is 2. The number of hydrogen-bond acceptors (Lipinski definition) is 7. The minimum atomic E-state index is -3.88. The first kappa shape index (κ1) is 21.4. The van der Waals surface area contributed by atoms with Gasteiger partial charge in [0.2, 0.25) is 20.0 Å². The molecule has 0 bridgehead atoms. The van der Waals surface area contributed by atoms with Gasteiger partial charge in [0, 0.05) is 26.2 Å². The van der Waals surface area contributed by atoms with Crippen LogP contribution in [-0.4, -0.2) is 72.4 Å². The molecule has 1 fully saturated rings. The normalized spacial score (nSPS) is 16.4. The Kier molecular flexibility index (Phi) is 5.76. The van der Waals surface area contributed by atoms with Gasteiger partial charge in [-0.2, -0.15) is 13.9 Å². The molecule has 0 unspecified atom stereocenters. The Labute approximate surface area is 180 Å². The van der Waals surface area contributed by atoms with E-state index < -0.39 is 20.0 Å². The number of sulfonamides is 2. The molecule has 0 saturated carbocycles. The van der Waals surface area contributed by atoms with Gasteiger partial charge in [0.1, 0.15) is 11.6 Å². The molecule has 12 heteroatoms. The Hall–Kier alpha value is -2.85. The van der Waals surface area contributed by atoms with E-state index in [0.717, 1.165) is 5.52 Å². The summed E-state index contributed by atoms with van der Waals surface area (Å²) in [6.45, 7) is 0.293. The second-order valence-corrected chi connectivity index (χ2v) is 11.0. The topological polar surface area (TPSA) is 129 Å². The van der Waals surface area contributed by atoms with Gasteiger partial charge in [-0.25, -0.2) is 21.5 Å². The number of para-hydroxylation sites is 1. The number of aryl methyl sites for hydroxylation is 1. The smallest absolute Gasteiger partial charge is 0.244 e. The van der Waals surface area contributed by atoms with Gasteiger partial charge in [0.05, 0.1) is 28.3 Å². The van der Waals surface area contributed by atoms with E-state index in [4.69, 9.17) is 0 Å². The van der Waals surface area contributed by atoms with Crippen LogP contribution in [0.1, 0.15) is 5.56 Å². The van der Waals surface area contributed by atoms with Crippen molar-refractivity contribution in [3.63, 3.8) is 0 Å². The third-order valence-electron chi connectivity index (χ3n) is 5.20. The van der Waals surface area contributed by atoms with E-state index in [1.807, 2.05) is 24.3 Å². The van der Waals surface area contributed by atoms with Gasteiger partial charge < -0.3 is 0 Å². The molecule has 1 aliphatic rings. The van der Waals surface area contributed by atoms with Crippen molar-refractivity contribution in [1.82, 2.24) is 23.6 Å². The van der Waals surface area contributed by atoms with E-state index >= 15 is 0 Å². The Morgan fingerprint density at radius 1 is 0.903 bits per heavy atom. The summed E-state index contributed by atoms with van der Waals surface area (Å²) in [5, 5.41) is 17.2. The minimum absolute atomic E-state index is 0.0214. The van der Waals surface area contributed by atoms with E-state index in [1.165, 1.54) is 20.7 Å². The second-order valence-electron chi connectivity index (χ2n) is 7.03. The monoisotopic (exact) mass is 460 g/mol. The fourth-order valence-electron chi connectivity index (χ4n) is 3.52. The highest BCUT2D eigenvalue weighted by molar-refractivity contribution is 7.89. The summed E-state index contributed by atoms with van der Waals surface area (Å²) in [6, 6.07) is 15.2. The fraction of sp³-hybridized carbons (Fsp3) is 0.316. The molecule has 2 heterocycles. The molecule has 0 radical (unpaired) electrons. The number of nitrogens with zero attached hydrogens (tertiary/aromatic N) is 6. The molecule has 0 atom stereocenters. The van der Waals surface area contributed by atoms with Crippen LogP contribution in [0.25, 0.3) is 11.0 Å². The molecule has 162 valence electrons. The first-order valence-corrected chi connectivity index (χ1v) is 12.6. The molecule has 31 heavy (non-hydrogen) atoms. The van der Waals surface area contributed by atoms with E-state index in [1.54, 1.807) is 22.9 Å². The first-order valence-electron chi connectivity index (χ1n) is 9.58. The number of hydrogen-bond donors (Lipinski definition) is 0. The molecule has 10 nitrogen and oxygen atoms in total. The Morgan fingerprint density at radius 2 is 1.55 bits per heavy atom. The van der Waals surface area contributed by atoms with Crippen LogP contribution in [-0.2, 0) is 26.6 Å². The molecule has 4 rings (SSSR count). The average molecular weight is 461 g/mol. The van der Waals surface area contributed by atoms with Gasteiger partial charge in [-0.15, -0.1) is 5.10 Å². The third-order valence-corrected chi connectivity index (χ3v) is 9.00. The second kappa shape index (κ2) is 8.35. The van der Waals surface area contributed by atoms with Crippen molar-refractivity contribution in [2.75, 3.05) is 31.9 Å². The van der Waals surface area contributed by atoms with Crippen LogP contribution in [0.2, 0.25) is 0 Å². The molecule has 1 aromatic heterocycles. The lowest BCUT2D eigenvalue weighted by Crippen LogP contribution is -2.51. The summed E-state index contributed by atoms with van der Waals surface area (Å²) in [5.74, 6) is -0.162. The van der Waals surface area contributed by atoms with E-state index in [2.05, 4.69) is 10.3 Å². The van der Waals surface area contributed by atoms with Gasteiger partial charge in [-0.3, -0.25) is 0 Å². The van der Waals surface area contributed by atoms with Crippen molar-refractivity contribution in [3.05, 3.63) is 54.1 Å². The lowest BCUT2D eigenvalue weighted by Gasteiger charge is -2.33. The molecular formula is C19H20N6O4S2. The molecule has 0 amide bonds. The van der Waals surface area contributed by atoms with Crippen LogP contribution >= 0.6 is 0 Å². The molecular weight excluding hydrogens is 440 g/mol. The molecule has 0 aliphatic carbocycles. The zero-order chi connectivity index (χ0) is 22.1. The van der Waals surface area contributed by atoms with Crippen molar-refractivity contribution < 1.29 is 16.8 Å². The van der Waals surface area contributed by atoms with E-state index in [9.17, 15) is 22.1 Å². The van der Waals surface area contributed by atoms with Gasteiger partial charge in [0.15, 0.2) is 0 Å². The standard InChI is InChI=1S/C19H20N6O4S2/c20-15-16-5-1-4-8-19(16)31(28,29)24-11-9-23(10-12-24)30(26,27)14-13-25-18-7-3-2-6-17(18)21-22-25/h1-8H,9-14H2. The summed E-state index contributed by atoms with van der Waals surface area (Å²) in [6.07, 6.45) is 0. The Morgan fingerprint density at radius 3 is 2.29 bits per heavy atom. The van der Waals surface area contributed by atoms with Crippen LogP contribution < -0.4 is 0 Å². The first-order chi connectivity index (χ1) is 14.8. The Bertz CT molecular complexity index is 1350. The van der Waals surface area contributed by atoms with Crippen LogP contribution in [0.3, 0.4) is 0 Å². The van der Waals surface area contributed by atoms with Gasteiger partial charge in [0.25, 0.3) is 0 Å². The predicted molar refractivity (Wildman–Crippen MR) is 113 cm³/mol. The van der Waals surface area contributed by atoms with Crippen molar-refractivity contribution in [2.24, 2.45) is 0 Å². The van der Waals surface area contributed by atoms with Gasteiger partial charge >= 0.3 is 0 Å². The molecule has 0 spiro atoms. The van der Waals surface area contributed by atoms with Gasteiger partial charge in [-0.1, -0.05) is 29.5 Å². The highest BCUT2D eigenvalue weighted by atomic mass is 32.2. The number of nitriles is 1. The van der Waals surface area contributed by atoms with Crippen molar-refractivity contribution in [1.29, 1.82) is 5.26 Å². The average Bonchev–Trinajstić information content (AvgIpc) is 3.21. The van der Waals surface area contributed by atoms with Gasteiger partial charge in [-0.05, 0) is 24.3 Å². The number of fused-ring (bicyclic) bond motifs is 1. The molecule has 3 aromatic rings. The maximum atomic E-state index is 12.9.